The Bertz CT molecular complexity index is 491. The summed E-state index contributed by atoms with van der Waals surface area (Å²) in [7, 11) is 0. The lowest BCUT2D eigenvalue weighted by molar-refractivity contribution is -0.123. The fraction of sp³-hybridized carbons (Fsp3) is 0.562. The minimum absolute atomic E-state index is 0.0627. The van der Waals surface area contributed by atoms with Crippen LogP contribution in [0, 0.1) is 5.92 Å². The number of carbonyl (C=O) groups is 1. The lowest BCUT2D eigenvalue weighted by Crippen LogP contribution is -2.53. The Kier molecular flexibility index (Phi) is 5.65. The van der Waals surface area contributed by atoms with Gasteiger partial charge in [-0.05, 0) is 50.3 Å². The predicted octanol–water partition coefficient (Wildman–Crippen LogP) is 2.85. The number of amides is 1. The number of hydrogen-bond acceptors (Lipinski definition) is 3. The summed E-state index contributed by atoms with van der Waals surface area (Å²) in [4.78, 5) is 12.0. The third-order valence-electron chi connectivity index (χ3n) is 3.94. The minimum atomic E-state index is -0.234. The second kappa shape index (κ2) is 7.27. The fourth-order valence-corrected chi connectivity index (χ4v) is 2.78. The monoisotopic (exact) mass is 354 g/mol. The maximum absolute atomic E-state index is 12.0. The number of benzene rings is 1. The van der Waals surface area contributed by atoms with Crippen molar-refractivity contribution >= 4 is 21.8 Å². The highest BCUT2D eigenvalue weighted by atomic mass is 79.9. The standard InChI is InChI=1S/C16H23BrN2O2/c1-16(11-18,12-7-8-12)19-15(20)6-3-9-21-14-5-2-4-13(17)10-14/h2,4-5,10,12H,3,6-9,11,18H2,1H3,(H,19,20). The number of halogens is 1. The smallest absolute Gasteiger partial charge is 0.220 e. The van der Waals surface area contributed by atoms with Gasteiger partial charge in [-0.15, -0.1) is 0 Å². The van der Waals surface area contributed by atoms with Gasteiger partial charge in [0.2, 0.25) is 5.91 Å². The number of carbonyl (C=O) groups excluding carboxylic acids is 1. The Balaban J connectivity index is 1.67. The van der Waals surface area contributed by atoms with Crippen molar-refractivity contribution in [2.45, 2.75) is 38.1 Å². The Morgan fingerprint density at radius 1 is 1.52 bits per heavy atom. The summed E-state index contributed by atoms with van der Waals surface area (Å²) in [5.74, 6) is 1.42. The van der Waals surface area contributed by atoms with E-state index in [1.54, 1.807) is 0 Å². The van der Waals surface area contributed by atoms with Crippen molar-refractivity contribution in [2.75, 3.05) is 13.2 Å². The number of rotatable bonds is 8. The highest BCUT2D eigenvalue weighted by Gasteiger charge is 2.41. The van der Waals surface area contributed by atoms with E-state index in [0.29, 0.717) is 31.9 Å². The van der Waals surface area contributed by atoms with Gasteiger partial charge in [0.05, 0.1) is 12.1 Å². The average Bonchev–Trinajstić information content (AvgIpc) is 3.28. The second-order valence-electron chi connectivity index (χ2n) is 5.85. The van der Waals surface area contributed by atoms with Crippen LogP contribution in [-0.2, 0) is 4.79 Å². The van der Waals surface area contributed by atoms with Crippen LogP contribution >= 0.6 is 15.9 Å². The molecule has 116 valence electrons. The van der Waals surface area contributed by atoms with Crippen molar-refractivity contribution in [3.05, 3.63) is 28.7 Å². The molecular weight excluding hydrogens is 332 g/mol. The van der Waals surface area contributed by atoms with Crippen molar-refractivity contribution in [1.82, 2.24) is 5.32 Å². The van der Waals surface area contributed by atoms with E-state index < -0.39 is 0 Å². The summed E-state index contributed by atoms with van der Waals surface area (Å²) >= 11 is 3.40. The summed E-state index contributed by atoms with van der Waals surface area (Å²) in [5.41, 5.74) is 5.56. The highest BCUT2D eigenvalue weighted by Crippen LogP contribution is 2.38. The molecule has 1 unspecified atom stereocenters. The van der Waals surface area contributed by atoms with E-state index in [1.165, 1.54) is 12.8 Å². The van der Waals surface area contributed by atoms with Gasteiger partial charge in [0.1, 0.15) is 5.75 Å². The lowest BCUT2D eigenvalue weighted by atomic mass is 9.95. The van der Waals surface area contributed by atoms with Gasteiger partial charge in [0.25, 0.3) is 0 Å². The van der Waals surface area contributed by atoms with Crippen LogP contribution in [0.2, 0.25) is 0 Å². The van der Waals surface area contributed by atoms with Crippen LogP contribution in [-0.4, -0.2) is 24.6 Å². The Morgan fingerprint density at radius 2 is 2.29 bits per heavy atom. The van der Waals surface area contributed by atoms with Gasteiger partial charge < -0.3 is 15.8 Å². The summed E-state index contributed by atoms with van der Waals surface area (Å²) < 4.78 is 6.61. The molecule has 0 heterocycles. The Hall–Kier alpha value is -1.07. The summed E-state index contributed by atoms with van der Waals surface area (Å²) in [5, 5.41) is 3.09. The molecule has 1 aromatic carbocycles. The molecule has 1 saturated carbocycles. The first-order valence-corrected chi connectivity index (χ1v) is 8.22. The molecule has 0 saturated heterocycles. The van der Waals surface area contributed by atoms with Gasteiger partial charge in [0, 0.05) is 17.4 Å². The topological polar surface area (TPSA) is 64.3 Å². The number of nitrogens with two attached hydrogens (primary N) is 1. The van der Waals surface area contributed by atoms with Gasteiger partial charge in [-0.3, -0.25) is 4.79 Å². The maximum Gasteiger partial charge on any atom is 0.220 e. The van der Waals surface area contributed by atoms with Crippen LogP contribution in [0.15, 0.2) is 28.7 Å². The van der Waals surface area contributed by atoms with Crippen LogP contribution < -0.4 is 15.8 Å². The second-order valence-corrected chi connectivity index (χ2v) is 6.77. The molecule has 1 aromatic rings. The molecule has 1 atom stereocenters. The molecule has 0 aliphatic heterocycles. The molecule has 4 nitrogen and oxygen atoms in total. The fourth-order valence-electron chi connectivity index (χ4n) is 2.40. The van der Waals surface area contributed by atoms with Gasteiger partial charge in [0.15, 0.2) is 0 Å². The number of nitrogens with one attached hydrogen (secondary N) is 1. The molecular formula is C16H23BrN2O2. The van der Waals surface area contributed by atoms with Gasteiger partial charge in [-0.25, -0.2) is 0 Å². The Labute approximate surface area is 134 Å². The van der Waals surface area contributed by atoms with E-state index in [9.17, 15) is 4.79 Å². The largest absolute Gasteiger partial charge is 0.494 e. The molecule has 0 bridgehead atoms. The molecule has 5 heteroatoms. The van der Waals surface area contributed by atoms with Crippen molar-refractivity contribution in [3.63, 3.8) is 0 Å². The zero-order valence-corrected chi connectivity index (χ0v) is 14.0. The summed E-state index contributed by atoms with van der Waals surface area (Å²) in [6, 6.07) is 7.70. The Morgan fingerprint density at radius 3 is 2.90 bits per heavy atom. The van der Waals surface area contributed by atoms with E-state index in [1.807, 2.05) is 31.2 Å². The van der Waals surface area contributed by atoms with Crippen LogP contribution in [0.3, 0.4) is 0 Å². The highest BCUT2D eigenvalue weighted by molar-refractivity contribution is 9.10. The molecule has 0 aromatic heterocycles. The predicted molar refractivity (Wildman–Crippen MR) is 87.2 cm³/mol. The summed E-state index contributed by atoms with van der Waals surface area (Å²) in [6.07, 6.45) is 3.50. The molecule has 1 aliphatic carbocycles. The van der Waals surface area contributed by atoms with Gasteiger partial charge in [-0.2, -0.15) is 0 Å². The molecule has 1 amide bonds. The van der Waals surface area contributed by atoms with E-state index in [2.05, 4.69) is 21.2 Å². The maximum atomic E-state index is 12.0. The zero-order valence-electron chi connectivity index (χ0n) is 12.4. The normalized spacial score (nSPS) is 17.1. The first kappa shape index (κ1) is 16.3. The number of ether oxygens (including phenoxy) is 1. The SMILES string of the molecule is CC(CN)(NC(=O)CCCOc1cccc(Br)c1)C1CC1. The van der Waals surface area contributed by atoms with Crippen LogP contribution in [0.1, 0.15) is 32.6 Å². The molecule has 1 aliphatic rings. The van der Waals surface area contributed by atoms with E-state index in [-0.39, 0.29) is 11.4 Å². The summed E-state index contributed by atoms with van der Waals surface area (Å²) in [6.45, 7) is 3.07. The first-order chi connectivity index (χ1) is 10.0. The third-order valence-corrected chi connectivity index (χ3v) is 4.43. The van der Waals surface area contributed by atoms with E-state index in [0.717, 1.165) is 10.2 Å². The molecule has 0 radical (unpaired) electrons. The molecule has 21 heavy (non-hydrogen) atoms. The van der Waals surface area contributed by atoms with E-state index >= 15 is 0 Å². The lowest BCUT2D eigenvalue weighted by Gasteiger charge is -2.29. The van der Waals surface area contributed by atoms with Crippen molar-refractivity contribution < 1.29 is 9.53 Å². The van der Waals surface area contributed by atoms with Crippen molar-refractivity contribution in [2.24, 2.45) is 11.7 Å². The minimum Gasteiger partial charge on any atom is -0.494 e. The molecule has 1 fully saturated rings. The number of hydrogen-bond donors (Lipinski definition) is 2. The average molecular weight is 355 g/mol. The zero-order chi connectivity index (χ0) is 15.3. The molecule has 0 spiro atoms. The molecule has 3 N–H and O–H groups in total. The van der Waals surface area contributed by atoms with Crippen LogP contribution in [0.5, 0.6) is 5.75 Å². The van der Waals surface area contributed by atoms with Gasteiger partial charge >= 0.3 is 0 Å². The third kappa shape index (κ3) is 5.00. The van der Waals surface area contributed by atoms with Crippen molar-refractivity contribution in [1.29, 1.82) is 0 Å². The van der Waals surface area contributed by atoms with Crippen LogP contribution in [0.25, 0.3) is 0 Å². The first-order valence-electron chi connectivity index (χ1n) is 7.43. The molecule has 2 rings (SSSR count). The van der Waals surface area contributed by atoms with Gasteiger partial charge in [-0.1, -0.05) is 22.0 Å². The van der Waals surface area contributed by atoms with E-state index in [4.69, 9.17) is 10.5 Å². The quantitative estimate of drug-likeness (QED) is 0.705. The van der Waals surface area contributed by atoms with Crippen LogP contribution in [0.4, 0.5) is 0 Å². The van der Waals surface area contributed by atoms with Crippen molar-refractivity contribution in [3.8, 4) is 5.75 Å².